The van der Waals surface area contributed by atoms with Gasteiger partial charge in [0.2, 0.25) is 0 Å². The molecular formula is C21H21NO4. The van der Waals surface area contributed by atoms with E-state index in [2.05, 4.69) is 4.99 Å². The van der Waals surface area contributed by atoms with Crippen LogP contribution in [0.1, 0.15) is 23.1 Å². The van der Waals surface area contributed by atoms with Crippen molar-refractivity contribution in [2.75, 3.05) is 14.2 Å². The van der Waals surface area contributed by atoms with Crippen molar-refractivity contribution in [3.05, 3.63) is 64.9 Å². The van der Waals surface area contributed by atoms with E-state index in [1.54, 1.807) is 20.3 Å². The van der Waals surface area contributed by atoms with Crippen molar-refractivity contribution in [1.82, 2.24) is 0 Å². The summed E-state index contributed by atoms with van der Waals surface area (Å²) < 4.78 is 15.9. The van der Waals surface area contributed by atoms with Crippen LogP contribution in [0.15, 0.2) is 53.2 Å². The van der Waals surface area contributed by atoms with E-state index in [1.165, 1.54) is 0 Å². The minimum absolute atomic E-state index is 0.310. The van der Waals surface area contributed by atoms with Crippen LogP contribution in [-0.4, -0.2) is 26.1 Å². The van der Waals surface area contributed by atoms with Crippen molar-refractivity contribution >= 4 is 17.9 Å². The van der Waals surface area contributed by atoms with Crippen molar-refractivity contribution in [2.45, 2.75) is 19.8 Å². The third kappa shape index (κ3) is 3.94. The topological polar surface area (TPSA) is 57.1 Å². The molecule has 0 aromatic heterocycles. The molecule has 1 aliphatic rings. The quantitative estimate of drug-likeness (QED) is 0.584. The van der Waals surface area contributed by atoms with Crippen LogP contribution in [0.3, 0.4) is 0 Å². The van der Waals surface area contributed by atoms with Gasteiger partial charge in [-0.05, 0) is 54.3 Å². The second-order valence-electron chi connectivity index (χ2n) is 5.97. The van der Waals surface area contributed by atoms with Crippen LogP contribution >= 0.6 is 0 Å². The van der Waals surface area contributed by atoms with Gasteiger partial charge in [0.1, 0.15) is 11.5 Å². The molecule has 5 nitrogen and oxygen atoms in total. The Morgan fingerprint density at radius 3 is 2.54 bits per heavy atom. The van der Waals surface area contributed by atoms with Gasteiger partial charge in [-0.25, -0.2) is 9.79 Å². The fourth-order valence-corrected chi connectivity index (χ4v) is 2.86. The lowest BCUT2D eigenvalue weighted by Crippen LogP contribution is -2.05. The molecule has 0 fully saturated rings. The van der Waals surface area contributed by atoms with Crippen molar-refractivity contribution in [3.63, 3.8) is 0 Å². The number of para-hydroxylation sites is 1. The minimum atomic E-state index is -0.423. The van der Waals surface area contributed by atoms with Crippen molar-refractivity contribution < 1.29 is 19.0 Å². The predicted octanol–water partition coefficient (Wildman–Crippen LogP) is 3.94. The lowest BCUT2D eigenvalue weighted by molar-refractivity contribution is -0.130. The fraction of sp³-hybridized carbons (Fsp3) is 0.238. The van der Waals surface area contributed by atoms with E-state index in [4.69, 9.17) is 14.2 Å². The van der Waals surface area contributed by atoms with Crippen LogP contribution in [0.2, 0.25) is 0 Å². The van der Waals surface area contributed by atoms with Gasteiger partial charge in [0.15, 0.2) is 11.6 Å². The van der Waals surface area contributed by atoms with Gasteiger partial charge in [0, 0.05) is 6.42 Å². The summed E-state index contributed by atoms with van der Waals surface area (Å²) in [6, 6.07) is 13.5. The smallest absolute Gasteiger partial charge is 0.363 e. The maximum Gasteiger partial charge on any atom is 0.363 e. The SMILES string of the molecule is COc1ccc(/C=C2/N=C(CCc3ccccc3OC)OC2=O)cc1C. The van der Waals surface area contributed by atoms with Gasteiger partial charge in [-0.3, -0.25) is 0 Å². The average Bonchev–Trinajstić information content (AvgIpc) is 3.00. The first-order valence-corrected chi connectivity index (χ1v) is 8.38. The third-order valence-electron chi connectivity index (χ3n) is 4.19. The molecular weight excluding hydrogens is 330 g/mol. The summed E-state index contributed by atoms with van der Waals surface area (Å²) in [4.78, 5) is 16.4. The van der Waals surface area contributed by atoms with Crippen molar-refractivity contribution in [3.8, 4) is 11.5 Å². The number of esters is 1. The molecule has 26 heavy (non-hydrogen) atoms. The highest BCUT2D eigenvalue weighted by Crippen LogP contribution is 2.24. The number of rotatable bonds is 6. The molecule has 134 valence electrons. The first kappa shape index (κ1) is 17.7. The summed E-state index contributed by atoms with van der Waals surface area (Å²) in [5.41, 5.74) is 3.24. The number of ether oxygens (including phenoxy) is 3. The number of cyclic esters (lactones) is 1. The van der Waals surface area contributed by atoms with Crippen LogP contribution in [0, 0.1) is 6.92 Å². The van der Waals surface area contributed by atoms with Gasteiger partial charge in [-0.2, -0.15) is 0 Å². The number of hydrogen-bond acceptors (Lipinski definition) is 5. The van der Waals surface area contributed by atoms with Gasteiger partial charge in [0.05, 0.1) is 14.2 Å². The summed E-state index contributed by atoms with van der Waals surface area (Å²) in [5.74, 6) is 1.63. The molecule has 1 heterocycles. The minimum Gasteiger partial charge on any atom is -0.496 e. The third-order valence-corrected chi connectivity index (χ3v) is 4.19. The molecule has 0 radical (unpaired) electrons. The number of benzene rings is 2. The zero-order valence-electron chi connectivity index (χ0n) is 15.1. The Bertz CT molecular complexity index is 883. The molecule has 0 unspecified atom stereocenters. The van der Waals surface area contributed by atoms with Gasteiger partial charge < -0.3 is 14.2 Å². The molecule has 0 amide bonds. The maximum atomic E-state index is 12.1. The van der Waals surface area contributed by atoms with Gasteiger partial charge in [0.25, 0.3) is 0 Å². The van der Waals surface area contributed by atoms with Crippen molar-refractivity contribution in [1.29, 1.82) is 0 Å². The molecule has 0 bridgehead atoms. The Morgan fingerprint density at radius 1 is 1.04 bits per heavy atom. The van der Waals surface area contributed by atoms with Crippen LogP contribution < -0.4 is 9.47 Å². The van der Waals surface area contributed by atoms with Crippen LogP contribution in [-0.2, 0) is 16.0 Å². The second kappa shape index (κ2) is 7.87. The van der Waals surface area contributed by atoms with Crippen LogP contribution in [0.4, 0.5) is 0 Å². The number of nitrogens with zero attached hydrogens (tertiary/aromatic N) is 1. The maximum absolute atomic E-state index is 12.1. The average molecular weight is 351 g/mol. The molecule has 5 heteroatoms. The van der Waals surface area contributed by atoms with E-state index >= 15 is 0 Å². The molecule has 1 aliphatic heterocycles. The molecule has 0 saturated heterocycles. The summed E-state index contributed by atoms with van der Waals surface area (Å²) in [5, 5.41) is 0. The first-order chi connectivity index (χ1) is 12.6. The number of aliphatic imine (C=N–C) groups is 1. The number of carbonyl (C=O) groups excluding carboxylic acids is 1. The largest absolute Gasteiger partial charge is 0.496 e. The summed E-state index contributed by atoms with van der Waals surface area (Å²) in [7, 11) is 3.27. The fourth-order valence-electron chi connectivity index (χ4n) is 2.86. The summed E-state index contributed by atoms with van der Waals surface area (Å²) in [6.45, 7) is 1.95. The highest BCUT2D eigenvalue weighted by atomic mass is 16.6. The monoisotopic (exact) mass is 351 g/mol. The van der Waals surface area contributed by atoms with Gasteiger partial charge >= 0.3 is 5.97 Å². The van der Waals surface area contributed by atoms with E-state index in [0.717, 1.165) is 28.2 Å². The molecule has 0 aliphatic carbocycles. The predicted molar refractivity (Wildman–Crippen MR) is 101 cm³/mol. The first-order valence-electron chi connectivity index (χ1n) is 8.38. The van der Waals surface area contributed by atoms with E-state index < -0.39 is 5.97 Å². The van der Waals surface area contributed by atoms with Crippen molar-refractivity contribution in [2.24, 2.45) is 4.99 Å². The van der Waals surface area contributed by atoms with Gasteiger partial charge in [-0.1, -0.05) is 24.3 Å². The highest BCUT2D eigenvalue weighted by molar-refractivity contribution is 6.07. The lowest BCUT2D eigenvalue weighted by atomic mass is 10.1. The van der Waals surface area contributed by atoms with Crippen LogP contribution in [0.25, 0.3) is 6.08 Å². The number of aryl methyl sites for hydroxylation is 2. The summed E-state index contributed by atoms with van der Waals surface area (Å²) in [6.07, 6.45) is 2.95. The number of methoxy groups -OCH3 is 2. The van der Waals surface area contributed by atoms with E-state index in [0.29, 0.717) is 24.4 Å². The summed E-state index contributed by atoms with van der Waals surface area (Å²) >= 11 is 0. The number of hydrogen-bond donors (Lipinski definition) is 0. The molecule has 0 N–H and O–H groups in total. The molecule has 3 rings (SSSR count). The molecule has 0 atom stereocenters. The van der Waals surface area contributed by atoms with E-state index in [9.17, 15) is 4.79 Å². The zero-order chi connectivity index (χ0) is 18.5. The second-order valence-corrected chi connectivity index (χ2v) is 5.97. The highest BCUT2D eigenvalue weighted by Gasteiger charge is 2.23. The Labute approximate surface area is 152 Å². The Morgan fingerprint density at radius 2 is 1.81 bits per heavy atom. The molecule has 2 aromatic rings. The zero-order valence-corrected chi connectivity index (χ0v) is 15.1. The van der Waals surface area contributed by atoms with E-state index in [1.807, 2.05) is 49.4 Å². The molecule has 2 aromatic carbocycles. The lowest BCUT2D eigenvalue weighted by Gasteiger charge is -2.07. The van der Waals surface area contributed by atoms with E-state index in [-0.39, 0.29) is 0 Å². The molecule has 0 spiro atoms. The normalized spacial score (nSPS) is 15.0. The number of carbonyl (C=O) groups is 1. The molecule has 0 saturated carbocycles. The Hall–Kier alpha value is -3.08. The Balaban J connectivity index is 1.73. The van der Waals surface area contributed by atoms with Crippen LogP contribution in [0.5, 0.6) is 11.5 Å². The Kier molecular flexibility index (Phi) is 5.37. The standard InChI is InChI=1S/C21H21NO4/c1-14-12-15(8-10-18(14)24-2)13-17-21(23)26-20(22-17)11-9-16-6-4-5-7-19(16)25-3/h4-8,10,12-13H,9,11H2,1-3H3/b17-13+. The van der Waals surface area contributed by atoms with Gasteiger partial charge in [-0.15, -0.1) is 0 Å².